The second-order valence-corrected chi connectivity index (χ2v) is 10.0. The van der Waals surface area contributed by atoms with E-state index in [1.54, 1.807) is 42.6 Å². The predicted octanol–water partition coefficient (Wildman–Crippen LogP) is 4.76. The van der Waals surface area contributed by atoms with Crippen LogP contribution in [0.3, 0.4) is 0 Å². The van der Waals surface area contributed by atoms with Gasteiger partial charge >= 0.3 is 0 Å². The molecule has 0 aliphatic heterocycles. The lowest BCUT2D eigenvalue weighted by Gasteiger charge is -2.07. The van der Waals surface area contributed by atoms with E-state index in [2.05, 4.69) is 10.3 Å². The minimum absolute atomic E-state index is 0.0120. The smallest absolute Gasteiger partial charge is 0.267 e. The van der Waals surface area contributed by atoms with E-state index in [9.17, 15) is 13.2 Å². The predicted molar refractivity (Wildman–Crippen MR) is 114 cm³/mol. The van der Waals surface area contributed by atoms with Crippen molar-refractivity contribution in [3.63, 3.8) is 0 Å². The van der Waals surface area contributed by atoms with Crippen molar-refractivity contribution in [1.29, 1.82) is 0 Å². The van der Waals surface area contributed by atoms with Crippen molar-refractivity contribution < 1.29 is 13.2 Å². The van der Waals surface area contributed by atoms with Gasteiger partial charge in [0.15, 0.2) is 5.13 Å². The lowest BCUT2D eigenvalue weighted by molar-refractivity contribution is -0.116. The van der Waals surface area contributed by atoms with Gasteiger partial charge in [0, 0.05) is 29.8 Å². The van der Waals surface area contributed by atoms with E-state index in [1.807, 2.05) is 5.38 Å². The highest BCUT2D eigenvalue weighted by atomic mass is 32.2. The van der Waals surface area contributed by atoms with E-state index < -0.39 is 10.0 Å². The Hall–Kier alpha value is -2.45. The van der Waals surface area contributed by atoms with Crippen molar-refractivity contribution in [1.82, 2.24) is 8.96 Å². The summed E-state index contributed by atoms with van der Waals surface area (Å²) in [4.78, 5) is 16.9. The van der Waals surface area contributed by atoms with Gasteiger partial charge in [-0.3, -0.25) is 4.79 Å². The number of thiazole rings is 1. The molecule has 6 nitrogen and oxygen atoms in total. The van der Waals surface area contributed by atoms with E-state index in [4.69, 9.17) is 0 Å². The maximum absolute atomic E-state index is 12.7. The lowest BCUT2D eigenvalue weighted by Crippen LogP contribution is -2.12. The standard InChI is InChI=1S/C21H23N3O3S2/c25-20(11-10-16-6-4-5-7-16)23-21-22-19(15-28-21)17-12-13-24(14-17)29(26,27)18-8-2-1-3-9-18/h1-3,8-9,12-16H,4-7,10-11H2,(H,22,23,25). The van der Waals surface area contributed by atoms with E-state index in [0.717, 1.165) is 6.42 Å². The highest BCUT2D eigenvalue weighted by molar-refractivity contribution is 7.90. The molecule has 1 aromatic carbocycles. The second-order valence-electron chi connectivity index (χ2n) is 7.32. The summed E-state index contributed by atoms with van der Waals surface area (Å²) in [6.07, 6.45) is 9.54. The summed E-state index contributed by atoms with van der Waals surface area (Å²) in [7, 11) is -3.63. The Balaban J connectivity index is 1.41. The van der Waals surface area contributed by atoms with Crippen LogP contribution in [0.2, 0.25) is 0 Å². The fourth-order valence-electron chi connectivity index (χ4n) is 3.67. The number of anilines is 1. The van der Waals surface area contributed by atoms with Gasteiger partial charge < -0.3 is 5.32 Å². The molecule has 0 atom stereocenters. The summed E-state index contributed by atoms with van der Waals surface area (Å²) in [5.41, 5.74) is 1.33. The Morgan fingerprint density at radius 2 is 1.93 bits per heavy atom. The summed E-state index contributed by atoms with van der Waals surface area (Å²) in [6.45, 7) is 0. The molecule has 152 valence electrons. The van der Waals surface area contributed by atoms with Crippen LogP contribution in [-0.2, 0) is 14.8 Å². The number of nitrogens with one attached hydrogen (secondary N) is 1. The number of hydrogen-bond donors (Lipinski definition) is 1. The zero-order chi connectivity index (χ0) is 20.3. The largest absolute Gasteiger partial charge is 0.302 e. The number of hydrogen-bond acceptors (Lipinski definition) is 5. The molecule has 8 heteroatoms. The Morgan fingerprint density at radius 1 is 1.17 bits per heavy atom. The first-order chi connectivity index (χ1) is 14.0. The van der Waals surface area contributed by atoms with Crippen molar-refractivity contribution in [2.24, 2.45) is 5.92 Å². The summed E-state index contributed by atoms with van der Waals surface area (Å²) >= 11 is 1.34. The van der Waals surface area contributed by atoms with Crippen LogP contribution in [0.15, 0.2) is 59.1 Å². The first-order valence-electron chi connectivity index (χ1n) is 9.77. The summed E-state index contributed by atoms with van der Waals surface area (Å²) in [5.74, 6) is 0.668. The summed E-state index contributed by atoms with van der Waals surface area (Å²) in [5, 5.41) is 5.22. The number of carbonyl (C=O) groups excluding carboxylic acids is 1. The molecule has 1 fully saturated rings. The summed E-state index contributed by atoms with van der Waals surface area (Å²) in [6, 6.07) is 10.0. The monoisotopic (exact) mass is 429 g/mol. The number of carbonyl (C=O) groups is 1. The van der Waals surface area contributed by atoms with Gasteiger partial charge in [-0.1, -0.05) is 43.9 Å². The van der Waals surface area contributed by atoms with Crippen LogP contribution in [0.5, 0.6) is 0 Å². The maximum Gasteiger partial charge on any atom is 0.267 e. The van der Waals surface area contributed by atoms with E-state index >= 15 is 0 Å². The first kappa shape index (κ1) is 19.8. The highest BCUT2D eigenvalue weighted by Gasteiger charge is 2.18. The molecule has 2 heterocycles. The zero-order valence-electron chi connectivity index (χ0n) is 16.0. The van der Waals surface area contributed by atoms with Crippen LogP contribution in [0, 0.1) is 5.92 Å². The van der Waals surface area contributed by atoms with Crippen molar-refractivity contribution in [2.45, 2.75) is 43.4 Å². The third kappa shape index (κ3) is 4.59. The van der Waals surface area contributed by atoms with Gasteiger partial charge in [0.05, 0.1) is 10.6 Å². The number of amides is 1. The molecule has 1 aliphatic carbocycles. The third-order valence-electron chi connectivity index (χ3n) is 5.29. The van der Waals surface area contributed by atoms with Crippen molar-refractivity contribution >= 4 is 32.4 Å². The van der Waals surface area contributed by atoms with Crippen LogP contribution in [0.4, 0.5) is 5.13 Å². The van der Waals surface area contributed by atoms with E-state index in [-0.39, 0.29) is 10.8 Å². The average Bonchev–Trinajstić information content (AvgIpc) is 3.48. The number of benzene rings is 1. The zero-order valence-corrected chi connectivity index (χ0v) is 17.6. The minimum Gasteiger partial charge on any atom is -0.302 e. The lowest BCUT2D eigenvalue weighted by atomic mass is 10.0. The molecule has 3 aromatic rings. The molecular weight excluding hydrogens is 406 g/mol. The van der Waals surface area contributed by atoms with E-state index in [0.29, 0.717) is 28.7 Å². The molecule has 0 saturated heterocycles. The van der Waals surface area contributed by atoms with Crippen LogP contribution in [0.25, 0.3) is 11.3 Å². The average molecular weight is 430 g/mol. The van der Waals surface area contributed by atoms with E-state index in [1.165, 1.54) is 47.2 Å². The highest BCUT2D eigenvalue weighted by Crippen LogP contribution is 2.29. The molecular formula is C21H23N3O3S2. The number of nitrogens with zero attached hydrogens (tertiary/aromatic N) is 2. The third-order valence-corrected chi connectivity index (χ3v) is 7.69. The van der Waals surface area contributed by atoms with Crippen molar-refractivity contribution in [3.8, 4) is 11.3 Å². The Morgan fingerprint density at radius 3 is 2.69 bits per heavy atom. The number of rotatable bonds is 7. The fraction of sp³-hybridized carbons (Fsp3) is 0.333. The minimum atomic E-state index is -3.63. The second kappa shape index (κ2) is 8.51. The van der Waals surface area contributed by atoms with Gasteiger partial charge in [-0.2, -0.15) is 0 Å². The van der Waals surface area contributed by atoms with Crippen LogP contribution in [0.1, 0.15) is 38.5 Å². The molecule has 0 bridgehead atoms. The van der Waals surface area contributed by atoms with Crippen molar-refractivity contribution in [3.05, 3.63) is 54.2 Å². The Labute approximate surface area is 174 Å². The van der Waals surface area contributed by atoms with Crippen LogP contribution in [-0.4, -0.2) is 23.3 Å². The summed E-state index contributed by atoms with van der Waals surface area (Å²) < 4.78 is 26.6. The molecule has 1 N–H and O–H groups in total. The maximum atomic E-state index is 12.7. The number of aromatic nitrogens is 2. The SMILES string of the molecule is O=C(CCC1CCCC1)Nc1nc(-c2ccn(S(=O)(=O)c3ccccc3)c2)cs1. The molecule has 0 radical (unpaired) electrons. The van der Waals surface area contributed by atoms with Gasteiger partial charge in [0.25, 0.3) is 10.0 Å². The molecule has 0 unspecified atom stereocenters. The van der Waals surface area contributed by atoms with Gasteiger partial charge in [0.1, 0.15) is 0 Å². The molecule has 29 heavy (non-hydrogen) atoms. The molecule has 1 aliphatic rings. The van der Waals surface area contributed by atoms with Gasteiger partial charge in [-0.25, -0.2) is 17.4 Å². The topological polar surface area (TPSA) is 81.1 Å². The molecule has 4 rings (SSSR count). The van der Waals surface area contributed by atoms with Gasteiger partial charge in [-0.15, -0.1) is 11.3 Å². The Bertz CT molecular complexity index is 1080. The molecule has 2 aromatic heterocycles. The van der Waals surface area contributed by atoms with Gasteiger partial charge in [0.2, 0.25) is 5.91 Å². The first-order valence-corrected chi connectivity index (χ1v) is 12.1. The Kier molecular flexibility index (Phi) is 5.82. The fourth-order valence-corrected chi connectivity index (χ4v) is 5.63. The molecule has 1 amide bonds. The normalized spacial score (nSPS) is 14.9. The quantitative estimate of drug-likeness (QED) is 0.587. The van der Waals surface area contributed by atoms with Crippen LogP contribution >= 0.6 is 11.3 Å². The van der Waals surface area contributed by atoms with Gasteiger partial charge in [-0.05, 0) is 30.5 Å². The van der Waals surface area contributed by atoms with Crippen LogP contribution < -0.4 is 5.32 Å². The molecule has 0 spiro atoms. The van der Waals surface area contributed by atoms with Crippen molar-refractivity contribution in [2.75, 3.05) is 5.32 Å². The molecule has 1 saturated carbocycles.